The number of carbonyl (C=O) groups excluding carboxylic acids is 3. The van der Waals surface area contributed by atoms with E-state index in [0.717, 1.165) is 63.0 Å². The summed E-state index contributed by atoms with van der Waals surface area (Å²) >= 11 is 0. The maximum absolute atomic E-state index is 13.1. The van der Waals surface area contributed by atoms with Gasteiger partial charge in [-0.15, -0.1) is 0 Å². The van der Waals surface area contributed by atoms with Crippen LogP contribution < -0.4 is 5.32 Å². The first kappa shape index (κ1) is 27.4. The Hall–Kier alpha value is -3.20. The predicted octanol–water partition coefficient (Wildman–Crippen LogP) is 3.65. The number of carbonyl (C=O) groups is 3. The zero-order chi connectivity index (χ0) is 27.4. The summed E-state index contributed by atoms with van der Waals surface area (Å²) in [6, 6.07) is 6.82. The maximum Gasteiger partial charge on any atom is 0.338 e. The second-order valence-corrected chi connectivity index (χ2v) is 11.4. The quantitative estimate of drug-likeness (QED) is 0.542. The first-order valence-corrected chi connectivity index (χ1v) is 14.4. The number of ether oxygens (including phenoxy) is 2. The minimum atomic E-state index is -0.441. The largest absolute Gasteiger partial charge is 0.462 e. The minimum Gasteiger partial charge on any atom is -0.462 e. The molecule has 9 nitrogen and oxygen atoms in total. The monoisotopic (exact) mass is 536 g/mol. The Bertz CT molecular complexity index is 1210. The summed E-state index contributed by atoms with van der Waals surface area (Å²) in [4.78, 5) is 40.7. The van der Waals surface area contributed by atoms with Crippen molar-refractivity contribution in [3.05, 3.63) is 52.3 Å². The van der Waals surface area contributed by atoms with Gasteiger partial charge in [0.05, 0.1) is 29.1 Å². The summed E-state index contributed by atoms with van der Waals surface area (Å²) in [7, 11) is 0. The smallest absolute Gasteiger partial charge is 0.338 e. The lowest BCUT2D eigenvalue weighted by molar-refractivity contribution is 0.0151. The fraction of sp³-hybridized carbons (Fsp3) is 0.600. The molecule has 210 valence electrons. The molecule has 0 saturated carbocycles. The summed E-state index contributed by atoms with van der Waals surface area (Å²) < 4.78 is 13.3. The van der Waals surface area contributed by atoms with Gasteiger partial charge >= 0.3 is 5.97 Å². The third-order valence-electron chi connectivity index (χ3n) is 8.38. The fourth-order valence-electron chi connectivity index (χ4n) is 6.03. The number of aromatic nitrogens is 2. The Balaban J connectivity index is 1.25. The maximum atomic E-state index is 13.1. The third-order valence-corrected chi connectivity index (χ3v) is 8.38. The molecule has 1 spiro atoms. The zero-order valence-corrected chi connectivity index (χ0v) is 23.2. The number of piperidine rings is 1. The van der Waals surface area contributed by atoms with Crippen LogP contribution in [0.3, 0.4) is 0 Å². The second-order valence-electron chi connectivity index (χ2n) is 11.4. The van der Waals surface area contributed by atoms with Crippen LogP contribution in [0.25, 0.3) is 0 Å². The molecular formula is C30H40N4O5. The van der Waals surface area contributed by atoms with Crippen LogP contribution in [0.4, 0.5) is 0 Å². The molecule has 5 rings (SSSR count). The standard InChI is InChI=1S/C30H40N4O5/c1-3-24-26-25(17-30(20-31-27(26)35)10-14-38-15-11-30)34(32-24)18-21(2)19-39-29(37)23-9-7-8-22(16-23)28(36)33-12-5-4-6-13-33/h7-9,16,21H,3-6,10-15,17-20H2,1-2H3,(H,31,35)/t21-/m1/s1. The predicted molar refractivity (Wildman–Crippen MR) is 146 cm³/mol. The number of benzene rings is 1. The first-order chi connectivity index (χ1) is 18.9. The normalized spacial score (nSPS) is 19.6. The van der Waals surface area contributed by atoms with E-state index in [4.69, 9.17) is 14.6 Å². The van der Waals surface area contributed by atoms with Crippen LogP contribution in [-0.4, -0.2) is 71.9 Å². The number of nitrogens with one attached hydrogen (secondary N) is 1. The van der Waals surface area contributed by atoms with E-state index in [9.17, 15) is 14.4 Å². The van der Waals surface area contributed by atoms with E-state index in [-0.39, 0.29) is 29.8 Å². The Morgan fingerprint density at radius 2 is 1.90 bits per heavy atom. The fourth-order valence-corrected chi connectivity index (χ4v) is 6.03. The van der Waals surface area contributed by atoms with E-state index >= 15 is 0 Å². The van der Waals surface area contributed by atoms with Crippen molar-refractivity contribution in [3.63, 3.8) is 0 Å². The first-order valence-electron chi connectivity index (χ1n) is 14.4. The number of likely N-dealkylation sites (tertiary alicyclic amines) is 1. The van der Waals surface area contributed by atoms with Gasteiger partial charge in [-0.2, -0.15) is 5.10 Å². The second kappa shape index (κ2) is 11.9. The van der Waals surface area contributed by atoms with E-state index in [1.807, 2.05) is 23.4 Å². The van der Waals surface area contributed by atoms with Gasteiger partial charge in [0, 0.05) is 50.9 Å². The van der Waals surface area contributed by atoms with Gasteiger partial charge in [-0.05, 0) is 68.6 Å². The molecule has 2 saturated heterocycles. The van der Waals surface area contributed by atoms with Crippen molar-refractivity contribution in [3.8, 4) is 0 Å². The molecule has 4 heterocycles. The van der Waals surface area contributed by atoms with Gasteiger partial charge in [-0.3, -0.25) is 14.3 Å². The van der Waals surface area contributed by atoms with Crippen LogP contribution in [0, 0.1) is 11.3 Å². The van der Waals surface area contributed by atoms with E-state index < -0.39 is 5.97 Å². The highest BCUT2D eigenvalue weighted by atomic mass is 16.5. The van der Waals surface area contributed by atoms with Crippen molar-refractivity contribution < 1.29 is 23.9 Å². The van der Waals surface area contributed by atoms with Gasteiger partial charge in [0.2, 0.25) is 0 Å². The molecule has 0 bridgehead atoms. The molecule has 9 heteroatoms. The number of hydrogen-bond acceptors (Lipinski definition) is 6. The molecule has 0 aliphatic carbocycles. The van der Waals surface area contributed by atoms with Crippen LogP contribution in [0.5, 0.6) is 0 Å². The lowest BCUT2D eigenvalue weighted by Crippen LogP contribution is -2.41. The zero-order valence-electron chi connectivity index (χ0n) is 23.2. The Morgan fingerprint density at radius 3 is 2.64 bits per heavy atom. The van der Waals surface area contributed by atoms with Gasteiger partial charge in [0.25, 0.3) is 11.8 Å². The highest BCUT2D eigenvalue weighted by Gasteiger charge is 2.39. The van der Waals surface area contributed by atoms with Gasteiger partial charge in [0.1, 0.15) is 0 Å². The Morgan fingerprint density at radius 1 is 1.15 bits per heavy atom. The van der Waals surface area contributed by atoms with E-state index in [1.54, 1.807) is 24.3 Å². The molecule has 39 heavy (non-hydrogen) atoms. The topological polar surface area (TPSA) is 103 Å². The highest BCUT2D eigenvalue weighted by Crippen LogP contribution is 2.37. The molecule has 1 aromatic heterocycles. The third kappa shape index (κ3) is 6.03. The lowest BCUT2D eigenvalue weighted by atomic mass is 9.76. The van der Waals surface area contributed by atoms with E-state index in [0.29, 0.717) is 49.4 Å². The van der Waals surface area contributed by atoms with E-state index in [1.165, 1.54) is 0 Å². The molecule has 1 atom stereocenters. The van der Waals surface area contributed by atoms with Crippen LogP contribution in [0.2, 0.25) is 0 Å². The summed E-state index contributed by atoms with van der Waals surface area (Å²) in [5.41, 5.74) is 3.38. The molecular weight excluding hydrogens is 496 g/mol. The SMILES string of the molecule is CCc1nn(C[C@@H](C)COC(=O)c2cccc(C(=O)N3CCCCC3)c2)c2c1C(=O)NCC1(CCOCC1)C2. The summed E-state index contributed by atoms with van der Waals surface area (Å²) in [6.07, 6.45) is 6.46. The number of amides is 2. The van der Waals surface area contributed by atoms with Gasteiger partial charge < -0.3 is 19.7 Å². The molecule has 3 aliphatic heterocycles. The average molecular weight is 537 g/mol. The van der Waals surface area contributed by atoms with Crippen molar-refractivity contribution >= 4 is 17.8 Å². The Kier molecular flexibility index (Phi) is 8.35. The van der Waals surface area contributed by atoms with Crippen molar-refractivity contribution in [1.82, 2.24) is 20.0 Å². The number of fused-ring (bicyclic) bond motifs is 1. The van der Waals surface area contributed by atoms with Crippen LogP contribution in [0.1, 0.15) is 88.4 Å². The van der Waals surface area contributed by atoms with Crippen molar-refractivity contribution in [1.29, 1.82) is 0 Å². The van der Waals surface area contributed by atoms with Gasteiger partial charge in [-0.25, -0.2) is 4.79 Å². The number of esters is 1. The average Bonchev–Trinajstić information content (AvgIpc) is 3.24. The van der Waals surface area contributed by atoms with Crippen molar-refractivity contribution in [2.45, 2.75) is 65.3 Å². The summed E-state index contributed by atoms with van der Waals surface area (Å²) in [6.45, 7) is 8.38. The molecule has 0 unspecified atom stereocenters. The number of nitrogens with zero attached hydrogens (tertiary/aromatic N) is 3. The molecule has 2 fully saturated rings. The number of rotatable bonds is 7. The Labute approximate surface area is 230 Å². The van der Waals surface area contributed by atoms with Crippen LogP contribution in [0.15, 0.2) is 24.3 Å². The molecule has 2 amide bonds. The number of hydrogen-bond donors (Lipinski definition) is 1. The minimum absolute atomic E-state index is 0.0159. The molecule has 1 aromatic carbocycles. The van der Waals surface area contributed by atoms with Crippen molar-refractivity contribution in [2.24, 2.45) is 11.3 Å². The molecule has 1 N–H and O–H groups in total. The summed E-state index contributed by atoms with van der Waals surface area (Å²) in [5.74, 6) is -0.535. The van der Waals surface area contributed by atoms with Gasteiger partial charge in [-0.1, -0.05) is 19.9 Å². The summed E-state index contributed by atoms with van der Waals surface area (Å²) in [5, 5.41) is 7.97. The molecule has 2 aromatic rings. The van der Waals surface area contributed by atoms with E-state index in [2.05, 4.69) is 5.32 Å². The number of aryl methyl sites for hydroxylation is 1. The van der Waals surface area contributed by atoms with Crippen molar-refractivity contribution in [2.75, 3.05) is 39.5 Å². The van der Waals surface area contributed by atoms with Crippen LogP contribution >= 0.6 is 0 Å². The molecule has 0 radical (unpaired) electrons. The molecule has 3 aliphatic rings. The lowest BCUT2D eigenvalue weighted by Gasteiger charge is -2.36. The highest BCUT2D eigenvalue weighted by molar-refractivity contribution is 5.98. The van der Waals surface area contributed by atoms with Gasteiger partial charge in [0.15, 0.2) is 0 Å². The van der Waals surface area contributed by atoms with Crippen LogP contribution in [-0.2, 0) is 28.9 Å².